The molecular weight excluding hydrogens is 557 g/mol. The van der Waals surface area contributed by atoms with Crippen LogP contribution >= 0.6 is 0 Å². The lowest BCUT2D eigenvalue weighted by atomic mass is 9.75. The number of nitrogens with zero attached hydrogens (tertiary/aromatic N) is 2. The lowest BCUT2D eigenvalue weighted by molar-refractivity contribution is -0.126. The van der Waals surface area contributed by atoms with Gasteiger partial charge in [0.05, 0.1) is 18.6 Å². The zero-order valence-electron chi connectivity index (χ0n) is 25.1. The Bertz CT molecular complexity index is 1230. The quantitative estimate of drug-likeness (QED) is 0.347. The molecule has 1 amide bonds. The van der Waals surface area contributed by atoms with Crippen molar-refractivity contribution in [3.8, 4) is 5.75 Å². The molecule has 2 aromatic carbocycles. The first-order valence-electron chi connectivity index (χ1n) is 15.1. The molecule has 8 nitrogen and oxygen atoms in total. The van der Waals surface area contributed by atoms with Crippen LogP contribution in [-0.2, 0) is 19.6 Å². The van der Waals surface area contributed by atoms with Gasteiger partial charge in [-0.05, 0) is 100.0 Å². The maximum atomic E-state index is 13.4. The van der Waals surface area contributed by atoms with Crippen LogP contribution in [0.15, 0.2) is 53.4 Å². The molecular formula is C32H46FN3O5S. The van der Waals surface area contributed by atoms with Crippen LogP contribution in [0.4, 0.5) is 4.39 Å². The summed E-state index contributed by atoms with van der Waals surface area (Å²) in [6, 6.07) is 13.3. The molecule has 4 rings (SSSR count). The number of piperidine rings is 1. The van der Waals surface area contributed by atoms with Crippen molar-refractivity contribution in [2.75, 3.05) is 47.5 Å². The van der Waals surface area contributed by atoms with E-state index in [4.69, 9.17) is 9.47 Å². The van der Waals surface area contributed by atoms with Gasteiger partial charge >= 0.3 is 0 Å². The van der Waals surface area contributed by atoms with Gasteiger partial charge in [0.15, 0.2) is 0 Å². The van der Waals surface area contributed by atoms with E-state index in [1.807, 2.05) is 12.1 Å². The van der Waals surface area contributed by atoms with Crippen LogP contribution in [0.3, 0.4) is 0 Å². The molecule has 0 radical (unpaired) electrons. The number of ether oxygens (including phenoxy) is 2. The second-order valence-electron chi connectivity index (χ2n) is 11.8. The second kappa shape index (κ2) is 15.3. The minimum Gasteiger partial charge on any atom is -0.497 e. The minimum absolute atomic E-state index is 0.0815. The van der Waals surface area contributed by atoms with Crippen molar-refractivity contribution in [3.63, 3.8) is 0 Å². The third kappa shape index (κ3) is 8.52. The van der Waals surface area contributed by atoms with Crippen molar-refractivity contribution in [3.05, 3.63) is 59.9 Å². The van der Waals surface area contributed by atoms with E-state index in [0.717, 1.165) is 50.5 Å². The van der Waals surface area contributed by atoms with E-state index in [1.165, 1.54) is 4.31 Å². The predicted octanol–water partition coefficient (Wildman–Crippen LogP) is 5.01. The van der Waals surface area contributed by atoms with Crippen LogP contribution in [0.2, 0.25) is 0 Å². The molecule has 1 saturated heterocycles. The van der Waals surface area contributed by atoms with E-state index >= 15 is 0 Å². The lowest BCUT2D eigenvalue weighted by Crippen LogP contribution is -2.46. The van der Waals surface area contributed by atoms with E-state index in [2.05, 4.69) is 24.3 Å². The number of hydrogen-bond acceptors (Lipinski definition) is 6. The van der Waals surface area contributed by atoms with E-state index in [9.17, 15) is 17.6 Å². The van der Waals surface area contributed by atoms with Crippen LogP contribution in [-0.4, -0.2) is 77.1 Å². The Balaban J connectivity index is 1.17. The number of methoxy groups -OCH3 is 1. The third-order valence-electron chi connectivity index (χ3n) is 8.76. The van der Waals surface area contributed by atoms with Crippen LogP contribution in [0.1, 0.15) is 63.0 Å². The van der Waals surface area contributed by atoms with Crippen molar-refractivity contribution < 1.29 is 27.1 Å². The van der Waals surface area contributed by atoms with Gasteiger partial charge in [0, 0.05) is 25.2 Å². The highest BCUT2D eigenvalue weighted by Crippen LogP contribution is 2.40. The molecule has 0 bridgehead atoms. The van der Waals surface area contributed by atoms with E-state index in [-0.39, 0.29) is 41.9 Å². The molecule has 1 N–H and O–H groups in total. The Hall–Kier alpha value is -2.53. The summed E-state index contributed by atoms with van der Waals surface area (Å²) in [5, 5.41) is 2.98. The molecule has 1 aliphatic carbocycles. The molecule has 10 heteroatoms. The Morgan fingerprint density at radius 2 is 1.71 bits per heavy atom. The number of carbonyl (C=O) groups is 1. The van der Waals surface area contributed by atoms with Crippen LogP contribution in [0.25, 0.3) is 0 Å². The maximum absolute atomic E-state index is 13.4. The van der Waals surface area contributed by atoms with Crippen LogP contribution in [0, 0.1) is 17.7 Å². The molecule has 1 heterocycles. The van der Waals surface area contributed by atoms with Crippen LogP contribution in [0.5, 0.6) is 5.75 Å². The second-order valence-corrected chi connectivity index (χ2v) is 13.7. The largest absolute Gasteiger partial charge is 0.497 e. The fraction of sp³-hybridized carbons (Fsp3) is 0.594. The van der Waals surface area contributed by atoms with E-state index in [0.29, 0.717) is 37.1 Å². The average Bonchev–Trinajstić information content (AvgIpc) is 2.99. The average molecular weight is 604 g/mol. The van der Waals surface area contributed by atoms with Crippen LogP contribution < -0.4 is 10.1 Å². The smallest absolute Gasteiger partial charge is 0.245 e. The van der Waals surface area contributed by atoms with E-state index < -0.39 is 10.0 Å². The summed E-state index contributed by atoms with van der Waals surface area (Å²) in [7, 11) is 2.05. The van der Waals surface area contributed by atoms with Gasteiger partial charge in [-0.1, -0.05) is 31.4 Å². The minimum atomic E-state index is -3.67. The van der Waals surface area contributed by atoms with Gasteiger partial charge in [-0.2, -0.15) is 4.31 Å². The summed E-state index contributed by atoms with van der Waals surface area (Å²) in [5.41, 5.74) is 1.16. The summed E-state index contributed by atoms with van der Waals surface area (Å²) in [6.07, 6.45) is 7.81. The highest BCUT2D eigenvalue weighted by atomic mass is 32.2. The predicted molar refractivity (Wildman–Crippen MR) is 161 cm³/mol. The van der Waals surface area contributed by atoms with Gasteiger partial charge in [0.2, 0.25) is 15.9 Å². The molecule has 1 aliphatic heterocycles. The SMILES string of the molecule is COc1ccc(S(=O)(=O)N2CCCCC2COCC(=O)NCCC2CCC(C(c3ccc(F)cc3)N(C)C)CC2)cc1. The molecule has 2 aliphatic rings. The van der Waals surface area contributed by atoms with Gasteiger partial charge in [-0.3, -0.25) is 4.79 Å². The molecule has 1 saturated carbocycles. The van der Waals surface area contributed by atoms with Crippen molar-refractivity contribution in [1.82, 2.24) is 14.5 Å². The van der Waals surface area contributed by atoms with Gasteiger partial charge < -0.3 is 19.7 Å². The highest BCUT2D eigenvalue weighted by molar-refractivity contribution is 7.89. The normalized spacial score (nSPS) is 22.5. The number of sulfonamides is 1. The fourth-order valence-corrected chi connectivity index (χ4v) is 8.22. The fourth-order valence-electron chi connectivity index (χ4n) is 6.54. The van der Waals surface area contributed by atoms with E-state index in [1.54, 1.807) is 43.5 Å². The van der Waals surface area contributed by atoms with Gasteiger partial charge in [0.1, 0.15) is 18.2 Å². The molecule has 2 fully saturated rings. The first-order chi connectivity index (χ1) is 20.2. The number of carbonyl (C=O) groups excluding carboxylic acids is 1. The highest BCUT2D eigenvalue weighted by Gasteiger charge is 2.34. The number of halogens is 1. The number of hydrogen-bond donors (Lipinski definition) is 1. The zero-order valence-corrected chi connectivity index (χ0v) is 26.0. The first kappa shape index (κ1) is 32.4. The third-order valence-corrected chi connectivity index (χ3v) is 10.7. The monoisotopic (exact) mass is 603 g/mol. The first-order valence-corrected chi connectivity index (χ1v) is 16.5. The number of amides is 1. The Kier molecular flexibility index (Phi) is 11.8. The molecule has 2 atom stereocenters. The Morgan fingerprint density at radius 1 is 1.02 bits per heavy atom. The maximum Gasteiger partial charge on any atom is 0.245 e. The van der Waals surface area contributed by atoms with Crippen molar-refractivity contribution in [1.29, 1.82) is 0 Å². The summed E-state index contributed by atoms with van der Waals surface area (Å²) in [4.78, 5) is 14.9. The summed E-state index contributed by atoms with van der Waals surface area (Å²) < 4.78 is 52.4. The summed E-state index contributed by atoms with van der Waals surface area (Å²) in [5.74, 6) is 1.31. The standard InChI is InChI=1S/C32H46FN3O5S/c1-35(2)32(26-11-13-27(33)14-12-26)25-9-7-24(8-10-25)19-20-34-31(37)23-41-22-28-6-4-5-21-36(28)42(38,39)30-17-15-29(40-3)16-18-30/h11-18,24-25,28,32H,4-10,19-23H2,1-3H3,(H,34,37). The summed E-state index contributed by atoms with van der Waals surface area (Å²) in [6.45, 7) is 1.15. The van der Waals surface area contributed by atoms with Gasteiger partial charge in [-0.15, -0.1) is 0 Å². The number of rotatable bonds is 13. The molecule has 232 valence electrons. The Labute approximate surface area is 250 Å². The summed E-state index contributed by atoms with van der Waals surface area (Å²) >= 11 is 0. The molecule has 0 aromatic heterocycles. The Morgan fingerprint density at radius 3 is 2.36 bits per heavy atom. The lowest BCUT2D eigenvalue weighted by Gasteiger charge is -2.37. The molecule has 2 unspecified atom stereocenters. The molecule has 42 heavy (non-hydrogen) atoms. The number of benzene rings is 2. The van der Waals surface area contributed by atoms with Crippen molar-refractivity contribution in [2.24, 2.45) is 11.8 Å². The number of nitrogens with one attached hydrogen (secondary N) is 1. The molecule has 2 aromatic rings. The zero-order chi connectivity index (χ0) is 30.1. The molecule has 0 spiro atoms. The van der Waals surface area contributed by atoms with Gasteiger partial charge in [-0.25, -0.2) is 12.8 Å². The van der Waals surface area contributed by atoms with Crippen molar-refractivity contribution in [2.45, 2.75) is 68.3 Å². The topological polar surface area (TPSA) is 88.2 Å². The van der Waals surface area contributed by atoms with Crippen molar-refractivity contribution >= 4 is 15.9 Å². The van der Waals surface area contributed by atoms with Gasteiger partial charge in [0.25, 0.3) is 0 Å².